The fourth-order valence-corrected chi connectivity index (χ4v) is 14.8. The van der Waals surface area contributed by atoms with Crippen molar-refractivity contribution in [3.63, 3.8) is 0 Å². The van der Waals surface area contributed by atoms with E-state index >= 15 is 0 Å². The smallest absolute Gasteiger partial charge is 0.0468 e. The van der Waals surface area contributed by atoms with Crippen LogP contribution in [0.1, 0.15) is 33.4 Å². The maximum atomic E-state index is 3.61. The third kappa shape index (κ3) is 18.2. The SMILES string of the molecule is Brc1ccc2cc(/C=C(/c3ccc(N(c4ccccc4)c4ccccc4)cc3)c3cccc(-c4ccccc4)c3)ccc2c1.C(=C(\c1ccc(N(c2ccccc2)c2ccccc2)cc1)c1cccc(-c2ccccc2)c1)/c1ccc2cc(N(c3ccccc3)c3ccccc3)ccc2c1.c1ccc(Nc2ccccc2)cc1. The van der Waals surface area contributed by atoms with Crippen molar-refractivity contribution >= 4 is 123 Å². The first-order chi connectivity index (χ1) is 55.9. The standard InChI is InChI=1S/C54H40N2.C42H30BrN.C12H11N/c1-6-17-42(18-7-1)44-19-16-20-47(39-44)54(43-31-34-52(35-32-43)55(48-21-8-2-9-22-48)49-23-10-3-11-24-49)38-41-29-30-46-40-53(36-33-45(46)37-41)56(50-25-12-4-13-26-50)51-27-14-5-15-28-51;43-38-24-21-35-27-31(19-20-36(35)30-38)28-42(37-14-10-13-34(29-37)32-11-4-1-5-12-32)33-22-25-41(26-23-33)44(39-15-6-2-7-16-39)40-17-8-3-9-18-40;1-3-7-11(8-4-1)13-12-9-5-2-6-10-12/h1-40H;1-30H;1-10,13H/b54-38-;42-28-;. The minimum Gasteiger partial charge on any atom is -0.356 e. The Hall–Kier alpha value is -14.4. The molecule has 0 saturated heterocycles. The van der Waals surface area contributed by atoms with Crippen LogP contribution >= 0.6 is 15.9 Å². The first-order valence-electron chi connectivity index (χ1n) is 38.2. The Balaban J connectivity index is 0.000000150. The summed E-state index contributed by atoms with van der Waals surface area (Å²) in [6.45, 7) is 0. The second-order valence-electron chi connectivity index (χ2n) is 27.5. The average Bonchev–Trinajstić information content (AvgIpc) is 0.800. The first kappa shape index (κ1) is 72.8. The highest BCUT2D eigenvalue weighted by atomic mass is 79.9. The lowest BCUT2D eigenvalue weighted by atomic mass is 9.92. The number of benzene rings is 18. The van der Waals surface area contributed by atoms with E-state index in [9.17, 15) is 0 Å². The molecular weight excluding hydrogens is 1430 g/mol. The van der Waals surface area contributed by atoms with Crippen LogP contribution in [-0.4, -0.2) is 0 Å². The van der Waals surface area contributed by atoms with E-state index in [-0.39, 0.29) is 0 Å². The van der Waals surface area contributed by atoms with Gasteiger partial charge in [-0.15, -0.1) is 0 Å². The molecule has 18 aromatic carbocycles. The number of fused-ring (bicyclic) bond motifs is 2. The fourth-order valence-electron chi connectivity index (χ4n) is 14.4. The van der Waals surface area contributed by atoms with Gasteiger partial charge in [0.05, 0.1) is 0 Å². The second kappa shape index (κ2) is 35.8. The monoisotopic (exact) mass is 1510 g/mol. The highest BCUT2D eigenvalue weighted by Gasteiger charge is 2.18. The van der Waals surface area contributed by atoms with Crippen molar-refractivity contribution in [3.05, 3.63) is 511 Å². The molecule has 0 bridgehead atoms. The second-order valence-corrected chi connectivity index (χ2v) is 28.4. The maximum absolute atomic E-state index is 3.61. The Morgan fingerprint density at radius 1 is 0.195 bits per heavy atom. The summed E-state index contributed by atoms with van der Waals surface area (Å²) in [5, 5.41) is 8.12. The molecule has 0 heterocycles. The quantitative estimate of drug-likeness (QED) is 0.0815. The van der Waals surface area contributed by atoms with Gasteiger partial charge in [-0.2, -0.15) is 0 Å². The number of anilines is 11. The Morgan fingerprint density at radius 3 is 0.814 bits per heavy atom. The molecule has 0 radical (unpaired) electrons. The van der Waals surface area contributed by atoms with Crippen LogP contribution in [-0.2, 0) is 0 Å². The summed E-state index contributed by atoms with van der Waals surface area (Å²) in [6.07, 6.45) is 4.64. The molecule has 0 spiro atoms. The van der Waals surface area contributed by atoms with Crippen LogP contribution in [0.3, 0.4) is 0 Å². The van der Waals surface area contributed by atoms with Crippen molar-refractivity contribution in [1.82, 2.24) is 0 Å². The third-order valence-electron chi connectivity index (χ3n) is 19.9. The van der Waals surface area contributed by atoms with Gasteiger partial charge in [-0.3, -0.25) is 0 Å². The zero-order valence-electron chi connectivity index (χ0n) is 62.4. The molecule has 0 saturated carbocycles. The molecule has 18 aromatic rings. The average molecular weight is 1510 g/mol. The molecule has 540 valence electrons. The van der Waals surface area contributed by atoms with Gasteiger partial charge < -0.3 is 20.0 Å². The van der Waals surface area contributed by atoms with Crippen molar-refractivity contribution in [2.75, 3.05) is 20.0 Å². The van der Waals surface area contributed by atoms with Gasteiger partial charge in [0.15, 0.2) is 0 Å². The summed E-state index contributed by atoms with van der Waals surface area (Å²) in [6, 6.07) is 167. The highest BCUT2D eigenvalue weighted by molar-refractivity contribution is 9.10. The van der Waals surface area contributed by atoms with Gasteiger partial charge in [0.2, 0.25) is 0 Å². The van der Waals surface area contributed by atoms with E-state index in [2.05, 4.69) is 461 Å². The lowest BCUT2D eigenvalue weighted by molar-refractivity contribution is 1.28. The summed E-state index contributed by atoms with van der Waals surface area (Å²) in [7, 11) is 0. The molecule has 0 aliphatic heterocycles. The zero-order valence-corrected chi connectivity index (χ0v) is 64.0. The number of nitrogens with zero attached hydrogens (tertiary/aromatic N) is 3. The van der Waals surface area contributed by atoms with Crippen LogP contribution in [0.2, 0.25) is 0 Å². The number of para-hydroxylation sites is 8. The van der Waals surface area contributed by atoms with Crippen LogP contribution in [0.4, 0.5) is 62.6 Å². The van der Waals surface area contributed by atoms with E-state index in [4.69, 9.17) is 0 Å². The molecule has 0 aliphatic rings. The Morgan fingerprint density at radius 2 is 0.460 bits per heavy atom. The number of hydrogen-bond acceptors (Lipinski definition) is 4. The van der Waals surface area contributed by atoms with Gasteiger partial charge in [0.25, 0.3) is 0 Å². The van der Waals surface area contributed by atoms with Crippen molar-refractivity contribution in [2.45, 2.75) is 0 Å². The van der Waals surface area contributed by atoms with Crippen molar-refractivity contribution < 1.29 is 0 Å². The normalized spacial score (nSPS) is 11.2. The van der Waals surface area contributed by atoms with Gasteiger partial charge in [-0.1, -0.05) is 319 Å². The number of halogens is 1. The third-order valence-corrected chi connectivity index (χ3v) is 20.4. The van der Waals surface area contributed by atoms with E-state index in [1.807, 2.05) is 60.7 Å². The number of rotatable bonds is 19. The Bertz CT molecular complexity index is 6000. The van der Waals surface area contributed by atoms with Crippen LogP contribution < -0.4 is 20.0 Å². The molecule has 0 fully saturated rings. The van der Waals surface area contributed by atoms with E-state index in [0.29, 0.717) is 0 Å². The van der Waals surface area contributed by atoms with Crippen LogP contribution in [0.5, 0.6) is 0 Å². The predicted molar refractivity (Wildman–Crippen MR) is 486 cm³/mol. The van der Waals surface area contributed by atoms with Gasteiger partial charge in [-0.05, 0) is 270 Å². The topological polar surface area (TPSA) is 21.8 Å². The summed E-state index contributed by atoms with van der Waals surface area (Å²) in [4.78, 5) is 6.91. The molecule has 0 amide bonds. The molecule has 0 aromatic heterocycles. The predicted octanol–water partition coefficient (Wildman–Crippen LogP) is 30.8. The summed E-state index contributed by atoms with van der Waals surface area (Å²) in [5.41, 5.74) is 26.4. The zero-order chi connectivity index (χ0) is 76.2. The van der Waals surface area contributed by atoms with E-state index in [1.54, 1.807) is 0 Å². The van der Waals surface area contributed by atoms with E-state index in [0.717, 1.165) is 89.3 Å². The Kier molecular flexibility index (Phi) is 23.1. The van der Waals surface area contributed by atoms with Crippen molar-refractivity contribution in [1.29, 1.82) is 0 Å². The molecule has 0 atom stereocenters. The maximum Gasteiger partial charge on any atom is 0.0468 e. The molecule has 4 nitrogen and oxygen atoms in total. The summed E-state index contributed by atoms with van der Waals surface area (Å²) in [5.74, 6) is 0. The molecule has 18 rings (SSSR count). The van der Waals surface area contributed by atoms with Gasteiger partial charge in [0, 0.05) is 67.0 Å². The fraction of sp³-hybridized carbons (Fsp3) is 0. The van der Waals surface area contributed by atoms with Crippen molar-refractivity contribution in [3.8, 4) is 22.3 Å². The van der Waals surface area contributed by atoms with Gasteiger partial charge in [-0.25, -0.2) is 0 Å². The van der Waals surface area contributed by atoms with Crippen LogP contribution in [0.25, 0.3) is 67.1 Å². The number of nitrogens with one attached hydrogen (secondary N) is 1. The minimum atomic E-state index is 1.09. The molecular formula is C108H81BrN4. The number of hydrogen-bond donors (Lipinski definition) is 1. The summed E-state index contributed by atoms with van der Waals surface area (Å²) >= 11 is 3.61. The van der Waals surface area contributed by atoms with Gasteiger partial charge >= 0.3 is 0 Å². The lowest BCUT2D eigenvalue weighted by Gasteiger charge is -2.25. The molecule has 5 heteroatoms. The van der Waals surface area contributed by atoms with Crippen LogP contribution in [0.15, 0.2) is 478 Å². The minimum absolute atomic E-state index is 1.09. The molecule has 0 aliphatic carbocycles. The molecule has 113 heavy (non-hydrogen) atoms. The van der Waals surface area contributed by atoms with Crippen molar-refractivity contribution in [2.24, 2.45) is 0 Å². The molecule has 1 N–H and O–H groups in total. The molecule has 0 unspecified atom stereocenters. The largest absolute Gasteiger partial charge is 0.356 e. The van der Waals surface area contributed by atoms with Crippen LogP contribution in [0, 0.1) is 0 Å². The van der Waals surface area contributed by atoms with E-state index < -0.39 is 0 Å². The Labute approximate surface area is 671 Å². The van der Waals surface area contributed by atoms with Gasteiger partial charge in [0.1, 0.15) is 0 Å². The highest BCUT2D eigenvalue weighted by Crippen LogP contribution is 2.42. The van der Waals surface area contributed by atoms with E-state index in [1.165, 1.54) is 66.1 Å². The lowest BCUT2D eigenvalue weighted by Crippen LogP contribution is -2.09. The first-order valence-corrected chi connectivity index (χ1v) is 39.0. The summed E-state index contributed by atoms with van der Waals surface area (Å²) < 4.78 is 1.09.